The van der Waals surface area contributed by atoms with Crippen molar-refractivity contribution in [2.24, 2.45) is 0 Å². The van der Waals surface area contributed by atoms with Crippen LogP contribution in [-0.2, 0) is 12.9 Å². The molecule has 0 unspecified atom stereocenters. The fourth-order valence-electron chi connectivity index (χ4n) is 0.0793. The predicted molar refractivity (Wildman–Crippen MR) is 27.9 cm³/mol. The molecule has 1 N–H and O–H groups in total. The maximum absolute atomic E-state index is 8.35. The van der Waals surface area contributed by atoms with Gasteiger partial charge < -0.3 is 0 Å². The van der Waals surface area contributed by atoms with Crippen LogP contribution in [0, 0.1) is 0 Å². The molecular weight excluding hydrogens is 148 g/mol. The molecule has 1 aliphatic rings. The van der Waals surface area contributed by atoms with E-state index in [1.807, 2.05) is 0 Å². The quantitative estimate of drug-likeness (QED) is 0.320. The molecule has 0 saturated carbocycles. The van der Waals surface area contributed by atoms with Crippen molar-refractivity contribution in [1.82, 2.24) is 0 Å². The molecule has 0 aromatic carbocycles. The van der Waals surface area contributed by atoms with Gasteiger partial charge in [-0.05, 0) is 0 Å². The maximum atomic E-state index is 8.35. The molecule has 0 aliphatic carbocycles. The molecule has 0 bridgehead atoms. The summed E-state index contributed by atoms with van der Waals surface area (Å²) in [6.45, 7) is 0. The minimum absolute atomic E-state index is 0. The molecule has 1 fully saturated rings. The number of hydrogen-bond acceptors (Lipinski definition) is 4. The zero-order chi connectivity index (χ0) is 4.62. The summed E-state index contributed by atoms with van der Waals surface area (Å²) >= 11 is -2.41. The molecule has 1 heterocycles. The van der Waals surface area contributed by atoms with E-state index in [2.05, 4.69) is 12.9 Å². The van der Waals surface area contributed by atoms with Crippen LogP contribution in [0.2, 0.25) is 0 Å². The van der Waals surface area contributed by atoms with Crippen LogP contribution in [0.1, 0.15) is 0 Å². The molecule has 0 aromatic heterocycles. The van der Waals surface area contributed by atoms with Crippen LogP contribution in [0.5, 0.6) is 0 Å². The molecule has 0 amide bonds. The molecule has 1 rings (SSSR count). The fourth-order valence-corrected chi connectivity index (χ4v) is 0.381. The Bertz CT molecular complexity index is 62.7. The first-order valence-electron chi connectivity index (χ1n) is 1.26. The van der Waals surface area contributed by atoms with Crippen LogP contribution in [0.4, 0.5) is 0 Å². The molecule has 0 atom stereocenters. The van der Waals surface area contributed by atoms with Gasteiger partial charge in [0.1, 0.15) is 0 Å². The SMILES string of the molecule is COS1(O)OO1.[CaH2]. The summed E-state index contributed by atoms with van der Waals surface area (Å²) < 4.78 is 20.5. The predicted octanol–water partition coefficient (Wildman–Crippen LogP) is -0.299. The van der Waals surface area contributed by atoms with Gasteiger partial charge in [-0.3, -0.25) is 8.74 Å². The summed E-state index contributed by atoms with van der Waals surface area (Å²) in [5, 5.41) is 0. The van der Waals surface area contributed by atoms with Gasteiger partial charge in [-0.15, -0.1) is 0 Å². The van der Waals surface area contributed by atoms with E-state index in [0.29, 0.717) is 0 Å². The van der Waals surface area contributed by atoms with Crippen molar-refractivity contribution in [3.05, 3.63) is 0 Å². The van der Waals surface area contributed by atoms with Crippen molar-refractivity contribution < 1.29 is 17.4 Å². The van der Waals surface area contributed by atoms with Crippen molar-refractivity contribution in [3.8, 4) is 0 Å². The Kier molecular flexibility index (Phi) is 3.43. The first-order valence-corrected chi connectivity index (χ1v) is 2.62. The standard InChI is InChI=1S/CH4O4S.Ca.2H/c1-3-6(2)4-5-6;;;/h2H,1H3;;;. The Hall–Kier alpha value is 1.45. The van der Waals surface area contributed by atoms with Crippen LogP contribution >= 0.6 is 11.2 Å². The second-order valence-electron chi connectivity index (χ2n) is 0.730. The Balaban J connectivity index is 0.000000360. The van der Waals surface area contributed by atoms with Crippen LogP contribution in [0.15, 0.2) is 0 Å². The van der Waals surface area contributed by atoms with E-state index in [1.165, 1.54) is 7.11 Å². The third kappa shape index (κ3) is 2.48. The van der Waals surface area contributed by atoms with Crippen LogP contribution in [-0.4, -0.2) is 49.4 Å². The summed E-state index contributed by atoms with van der Waals surface area (Å²) in [7, 11) is 1.31. The summed E-state index contributed by atoms with van der Waals surface area (Å²) in [5.41, 5.74) is 0. The second kappa shape index (κ2) is 2.84. The monoisotopic (exact) mass is 154 g/mol. The first kappa shape index (κ1) is 8.45. The van der Waals surface area contributed by atoms with Gasteiger partial charge in [0.25, 0.3) is 11.2 Å². The summed E-state index contributed by atoms with van der Waals surface area (Å²) in [4.78, 5) is 0. The molecule has 1 aliphatic heterocycles. The Morgan fingerprint density at radius 2 is 2.00 bits per heavy atom. The average Bonchev–Trinajstić information content (AvgIpc) is 2.22. The van der Waals surface area contributed by atoms with Gasteiger partial charge in [0.15, 0.2) is 0 Å². The zero-order valence-corrected chi connectivity index (χ0v) is 3.90. The van der Waals surface area contributed by atoms with Crippen molar-refractivity contribution in [2.75, 3.05) is 7.11 Å². The van der Waals surface area contributed by atoms with Gasteiger partial charge >= 0.3 is 37.7 Å². The van der Waals surface area contributed by atoms with E-state index in [0.717, 1.165) is 0 Å². The zero-order valence-electron chi connectivity index (χ0n) is 3.08. The third-order valence-electron chi connectivity index (χ3n) is 0.395. The summed E-state index contributed by atoms with van der Waals surface area (Å²) in [6, 6.07) is 0. The topological polar surface area (TPSA) is 54.5 Å². The fraction of sp³-hybridized carbons (Fsp3) is 1.00. The first-order chi connectivity index (χ1) is 2.77. The van der Waals surface area contributed by atoms with Crippen molar-refractivity contribution in [1.29, 1.82) is 0 Å². The van der Waals surface area contributed by atoms with Gasteiger partial charge in [0.05, 0.1) is 7.11 Å². The van der Waals surface area contributed by atoms with Gasteiger partial charge in [-0.1, -0.05) is 8.67 Å². The molecule has 0 aromatic rings. The average molecular weight is 154 g/mol. The Labute approximate surface area is 72.8 Å². The van der Waals surface area contributed by atoms with E-state index in [1.54, 1.807) is 0 Å². The molecule has 42 valence electrons. The van der Waals surface area contributed by atoms with Crippen LogP contribution in [0.25, 0.3) is 0 Å². The Morgan fingerprint density at radius 1 is 1.57 bits per heavy atom. The van der Waals surface area contributed by atoms with Crippen LogP contribution in [0.3, 0.4) is 0 Å². The third-order valence-corrected chi connectivity index (χ3v) is 1.19. The van der Waals surface area contributed by atoms with E-state index >= 15 is 0 Å². The normalized spacial score (nSPS) is 27.7. The van der Waals surface area contributed by atoms with Crippen molar-refractivity contribution in [3.63, 3.8) is 0 Å². The molecule has 6 heteroatoms. The molecule has 1 saturated heterocycles. The van der Waals surface area contributed by atoms with E-state index in [9.17, 15) is 0 Å². The molecular formula is CH6CaO4S. The van der Waals surface area contributed by atoms with Gasteiger partial charge in [-0.25, -0.2) is 0 Å². The molecule has 7 heavy (non-hydrogen) atoms. The van der Waals surface area contributed by atoms with Gasteiger partial charge in [-0.2, -0.15) is 0 Å². The van der Waals surface area contributed by atoms with Crippen molar-refractivity contribution >= 4 is 48.9 Å². The molecule has 0 radical (unpaired) electrons. The number of hydrogen-bond donors (Lipinski definition) is 1. The Morgan fingerprint density at radius 3 is 2.00 bits per heavy atom. The van der Waals surface area contributed by atoms with E-state index in [4.69, 9.17) is 4.55 Å². The van der Waals surface area contributed by atoms with E-state index < -0.39 is 11.2 Å². The number of rotatable bonds is 1. The molecule has 0 spiro atoms. The van der Waals surface area contributed by atoms with Crippen LogP contribution < -0.4 is 0 Å². The minimum atomic E-state index is -2.41. The van der Waals surface area contributed by atoms with E-state index in [-0.39, 0.29) is 37.7 Å². The van der Waals surface area contributed by atoms with Gasteiger partial charge in [0.2, 0.25) is 0 Å². The van der Waals surface area contributed by atoms with Gasteiger partial charge in [0, 0.05) is 0 Å². The summed E-state index contributed by atoms with van der Waals surface area (Å²) in [6.07, 6.45) is 0. The molecule has 4 nitrogen and oxygen atoms in total. The second-order valence-corrected chi connectivity index (χ2v) is 2.19. The van der Waals surface area contributed by atoms with Crippen molar-refractivity contribution in [2.45, 2.75) is 0 Å². The summed E-state index contributed by atoms with van der Waals surface area (Å²) in [5.74, 6) is 0.